The molecule has 1 aliphatic heterocycles. The first-order chi connectivity index (χ1) is 7.47. The summed E-state index contributed by atoms with van der Waals surface area (Å²) in [5.41, 5.74) is -0.0405. The van der Waals surface area contributed by atoms with Crippen LogP contribution < -0.4 is 5.06 Å². The van der Waals surface area contributed by atoms with Crippen molar-refractivity contribution in [3.8, 4) is 0 Å². The molecule has 0 saturated carbocycles. The van der Waals surface area contributed by atoms with Gasteiger partial charge in [-0.25, -0.2) is 5.06 Å². The molecule has 0 aliphatic carbocycles. The van der Waals surface area contributed by atoms with Crippen molar-refractivity contribution in [1.29, 1.82) is 0 Å². The third-order valence-electron chi connectivity index (χ3n) is 2.28. The number of allylic oxidation sites excluding steroid dienone is 1. The zero-order valence-corrected chi connectivity index (χ0v) is 8.58. The molecular formula is C11H10F3NO. The first kappa shape index (κ1) is 10.9. The second-order valence-corrected chi connectivity index (χ2v) is 3.51. The number of hydrogen-bond donors (Lipinski definition) is 0. The molecule has 16 heavy (non-hydrogen) atoms. The van der Waals surface area contributed by atoms with Gasteiger partial charge in [-0.15, -0.1) is 0 Å². The summed E-state index contributed by atoms with van der Waals surface area (Å²) in [6.07, 6.45) is -2.43. The number of rotatable bonds is 1. The van der Waals surface area contributed by atoms with Crippen LogP contribution in [0, 0.1) is 0 Å². The lowest BCUT2D eigenvalue weighted by Gasteiger charge is -2.18. The van der Waals surface area contributed by atoms with E-state index in [4.69, 9.17) is 4.84 Å². The number of nitrogens with zero attached hydrogens (tertiary/aromatic N) is 1. The molecule has 1 heterocycles. The highest BCUT2D eigenvalue weighted by Gasteiger charge is 2.30. The first-order valence-corrected chi connectivity index (χ1v) is 4.76. The average molecular weight is 229 g/mol. The van der Waals surface area contributed by atoms with Crippen LogP contribution in [0.1, 0.15) is 12.5 Å². The van der Waals surface area contributed by atoms with E-state index in [2.05, 4.69) is 0 Å². The van der Waals surface area contributed by atoms with E-state index in [1.54, 1.807) is 6.92 Å². The minimum atomic E-state index is -4.29. The fourth-order valence-corrected chi connectivity index (χ4v) is 1.43. The Kier molecular flexibility index (Phi) is 2.53. The lowest BCUT2D eigenvalue weighted by Crippen LogP contribution is -2.17. The summed E-state index contributed by atoms with van der Waals surface area (Å²) in [5.74, 6) is 0.750. The zero-order valence-electron chi connectivity index (χ0n) is 8.58. The predicted molar refractivity (Wildman–Crippen MR) is 53.6 cm³/mol. The lowest BCUT2D eigenvalue weighted by atomic mass is 10.2. The monoisotopic (exact) mass is 229 g/mol. The number of halogens is 3. The van der Waals surface area contributed by atoms with Crippen LogP contribution in [0.25, 0.3) is 0 Å². The quantitative estimate of drug-likeness (QED) is 0.732. The second kappa shape index (κ2) is 3.73. The minimum Gasteiger partial charge on any atom is -0.384 e. The topological polar surface area (TPSA) is 12.5 Å². The Morgan fingerprint density at radius 1 is 1.19 bits per heavy atom. The number of hydroxylamine groups is 1. The number of benzene rings is 1. The van der Waals surface area contributed by atoms with Gasteiger partial charge in [-0.2, -0.15) is 13.2 Å². The van der Waals surface area contributed by atoms with E-state index >= 15 is 0 Å². The van der Waals surface area contributed by atoms with Crippen molar-refractivity contribution >= 4 is 5.69 Å². The number of anilines is 1. The molecule has 0 atom stereocenters. The molecule has 0 radical (unpaired) electrons. The van der Waals surface area contributed by atoms with Crippen LogP contribution in [0.5, 0.6) is 0 Å². The van der Waals surface area contributed by atoms with Crippen LogP contribution in [0.4, 0.5) is 18.9 Å². The predicted octanol–water partition coefficient (Wildman–Crippen LogP) is 3.36. The molecule has 0 bridgehead atoms. The summed E-state index contributed by atoms with van der Waals surface area (Å²) in [7, 11) is 0. The summed E-state index contributed by atoms with van der Waals surface area (Å²) in [6, 6.07) is 4.89. The Morgan fingerprint density at radius 2 is 1.81 bits per heavy atom. The van der Waals surface area contributed by atoms with Crippen LogP contribution in [0.3, 0.4) is 0 Å². The van der Waals surface area contributed by atoms with Crippen molar-refractivity contribution < 1.29 is 18.0 Å². The molecule has 0 spiro atoms. The molecule has 0 amide bonds. The van der Waals surface area contributed by atoms with Gasteiger partial charge in [0.2, 0.25) is 0 Å². The first-order valence-electron chi connectivity index (χ1n) is 4.76. The molecule has 0 aromatic heterocycles. The van der Waals surface area contributed by atoms with Gasteiger partial charge in [-0.05, 0) is 37.3 Å². The maximum Gasteiger partial charge on any atom is 0.416 e. The van der Waals surface area contributed by atoms with Crippen molar-refractivity contribution in [3.05, 3.63) is 41.7 Å². The largest absolute Gasteiger partial charge is 0.416 e. The van der Waals surface area contributed by atoms with Crippen LogP contribution >= 0.6 is 0 Å². The van der Waals surface area contributed by atoms with Crippen LogP contribution in [0.2, 0.25) is 0 Å². The van der Waals surface area contributed by atoms with Gasteiger partial charge in [0.1, 0.15) is 5.76 Å². The molecule has 0 N–H and O–H groups in total. The highest BCUT2D eigenvalue weighted by Crippen LogP contribution is 2.31. The van der Waals surface area contributed by atoms with Crippen molar-refractivity contribution in [2.45, 2.75) is 13.1 Å². The van der Waals surface area contributed by atoms with Gasteiger partial charge in [0, 0.05) is 0 Å². The van der Waals surface area contributed by atoms with E-state index in [-0.39, 0.29) is 0 Å². The molecule has 0 fully saturated rings. The normalized spacial score (nSPS) is 16.0. The molecule has 2 nitrogen and oxygen atoms in total. The minimum absolute atomic E-state index is 0.553. The maximum atomic E-state index is 12.3. The molecule has 1 aromatic rings. The van der Waals surface area contributed by atoms with Crippen LogP contribution in [0.15, 0.2) is 36.1 Å². The molecule has 1 aliphatic rings. The van der Waals surface area contributed by atoms with Gasteiger partial charge in [-0.1, -0.05) is 0 Å². The standard InChI is InChI=1S/C11H10F3NO/c1-8-6-7-15(16-8)10-4-2-9(3-5-10)11(12,13)14/h2-6H,7H2,1H3. The van der Waals surface area contributed by atoms with E-state index in [0.717, 1.165) is 17.9 Å². The highest BCUT2D eigenvalue weighted by atomic mass is 19.4. The summed E-state index contributed by atoms with van der Waals surface area (Å²) in [4.78, 5) is 5.29. The summed E-state index contributed by atoms with van der Waals surface area (Å²) in [6.45, 7) is 2.35. The Balaban J connectivity index is 2.15. The van der Waals surface area contributed by atoms with E-state index in [9.17, 15) is 13.2 Å². The Bertz CT molecular complexity index is 408. The van der Waals surface area contributed by atoms with Crippen molar-refractivity contribution in [1.82, 2.24) is 0 Å². The van der Waals surface area contributed by atoms with E-state index in [1.165, 1.54) is 17.2 Å². The van der Waals surface area contributed by atoms with Gasteiger partial charge < -0.3 is 4.84 Å². The number of hydrogen-bond acceptors (Lipinski definition) is 2. The summed E-state index contributed by atoms with van der Waals surface area (Å²) < 4.78 is 36.9. The third-order valence-corrected chi connectivity index (χ3v) is 2.28. The smallest absolute Gasteiger partial charge is 0.384 e. The molecule has 0 saturated heterocycles. The average Bonchev–Trinajstić information content (AvgIpc) is 2.64. The van der Waals surface area contributed by atoms with E-state index in [0.29, 0.717) is 12.2 Å². The molecular weight excluding hydrogens is 219 g/mol. The van der Waals surface area contributed by atoms with Crippen molar-refractivity contribution in [2.75, 3.05) is 11.6 Å². The molecule has 86 valence electrons. The molecule has 0 unspecified atom stereocenters. The second-order valence-electron chi connectivity index (χ2n) is 3.51. The fraction of sp³-hybridized carbons (Fsp3) is 0.273. The molecule has 5 heteroatoms. The van der Waals surface area contributed by atoms with Gasteiger partial charge >= 0.3 is 6.18 Å². The fourth-order valence-electron chi connectivity index (χ4n) is 1.43. The SMILES string of the molecule is CC1=CCN(c2ccc(C(F)(F)F)cc2)O1. The zero-order chi connectivity index (χ0) is 11.8. The summed E-state index contributed by atoms with van der Waals surface area (Å²) >= 11 is 0. The van der Waals surface area contributed by atoms with E-state index in [1.807, 2.05) is 6.08 Å². The van der Waals surface area contributed by atoms with Gasteiger partial charge in [0.25, 0.3) is 0 Å². The van der Waals surface area contributed by atoms with Gasteiger partial charge in [-0.3, -0.25) is 0 Å². The highest BCUT2D eigenvalue weighted by molar-refractivity contribution is 5.47. The van der Waals surface area contributed by atoms with Gasteiger partial charge in [0.15, 0.2) is 0 Å². The van der Waals surface area contributed by atoms with Crippen LogP contribution in [-0.2, 0) is 11.0 Å². The lowest BCUT2D eigenvalue weighted by molar-refractivity contribution is -0.137. The molecule has 1 aromatic carbocycles. The third kappa shape index (κ3) is 2.13. The Morgan fingerprint density at radius 3 is 2.25 bits per heavy atom. The van der Waals surface area contributed by atoms with Crippen molar-refractivity contribution in [2.24, 2.45) is 0 Å². The Hall–Kier alpha value is -1.65. The molecule has 2 rings (SSSR count). The van der Waals surface area contributed by atoms with Crippen molar-refractivity contribution in [3.63, 3.8) is 0 Å². The maximum absolute atomic E-state index is 12.3. The van der Waals surface area contributed by atoms with Crippen LogP contribution in [-0.4, -0.2) is 6.54 Å². The Labute approximate surface area is 90.9 Å². The van der Waals surface area contributed by atoms with E-state index < -0.39 is 11.7 Å². The number of alkyl halides is 3. The van der Waals surface area contributed by atoms with Gasteiger partial charge in [0.05, 0.1) is 17.8 Å². The summed E-state index contributed by atoms with van der Waals surface area (Å²) in [5, 5.41) is 1.54.